The minimum atomic E-state index is 0.399. The molecule has 0 amide bonds. The van der Waals surface area contributed by atoms with Crippen LogP contribution >= 0.6 is 11.8 Å². The second kappa shape index (κ2) is 9.53. The summed E-state index contributed by atoms with van der Waals surface area (Å²) in [5.74, 6) is 0.494. The molecule has 0 saturated carbocycles. The lowest BCUT2D eigenvalue weighted by Crippen LogP contribution is -2.01. The molecule has 174 valence electrons. The second-order valence-electron chi connectivity index (χ2n) is 8.41. The highest BCUT2D eigenvalue weighted by Crippen LogP contribution is 2.38. The van der Waals surface area contributed by atoms with Gasteiger partial charge in [0.2, 0.25) is 5.95 Å². The van der Waals surface area contributed by atoms with Gasteiger partial charge in [-0.2, -0.15) is 10.5 Å². The van der Waals surface area contributed by atoms with E-state index < -0.39 is 0 Å². The number of aryl methyl sites for hydroxylation is 3. The molecule has 0 bridgehead atoms. The van der Waals surface area contributed by atoms with Crippen molar-refractivity contribution in [2.75, 3.05) is 5.32 Å². The molecule has 36 heavy (non-hydrogen) atoms. The Balaban J connectivity index is 1.52. The lowest BCUT2D eigenvalue weighted by molar-refractivity contribution is 0.937. The largest absolute Gasteiger partial charge is 0.347 e. The molecule has 0 atom stereocenters. The second-order valence-corrected chi connectivity index (χ2v) is 9.41. The number of nitrogens with zero attached hydrogens (tertiary/aromatic N) is 6. The molecule has 0 aliphatic carbocycles. The van der Waals surface area contributed by atoms with E-state index in [1.807, 2.05) is 42.1 Å². The molecular formula is C28H21N7S. The molecule has 0 aliphatic heterocycles. The predicted octanol–water partition coefficient (Wildman–Crippen LogP) is 6.29. The van der Waals surface area contributed by atoms with Gasteiger partial charge in [-0.1, -0.05) is 23.9 Å². The zero-order chi connectivity index (χ0) is 25.2. The number of nitrogens with one attached hydrogen (secondary N) is 1. The molecule has 5 rings (SSSR count). The molecule has 0 spiro atoms. The highest BCUT2D eigenvalue weighted by atomic mass is 32.2. The third-order valence-corrected chi connectivity index (χ3v) is 7.15. The quantitative estimate of drug-likeness (QED) is 0.291. The average Bonchev–Trinajstić information content (AvgIpc) is 3.27. The summed E-state index contributed by atoms with van der Waals surface area (Å²) in [6, 6.07) is 21.4. The number of hydrogen-bond acceptors (Lipinski definition) is 7. The van der Waals surface area contributed by atoms with Crippen molar-refractivity contribution in [1.82, 2.24) is 19.5 Å². The van der Waals surface area contributed by atoms with E-state index >= 15 is 0 Å². The molecule has 3 aromatic heterocycles. The van der Waals surface area contributed by atoms with Crippen molar-refractivity contribution in [3.63, 3.8) is 0 Å². The number of rotatable bonds is 5. The van der Waals surface area contributed by atoms with Gasteiger partial charge in [0.1, 0.15) is 16.8 Å². The number of fused-ring (bicyclic) bond motifs is 1. The van der Waals surface area contributed by atoms with Crippen LogP contribution in [-0.2, 0) is 7.05 Å². The van der Waals surface area contributed by atoms with Gasteiger partial charge in [0.05, 0.1) is 22.7 Å². The Bertz CT molecular complexity index is 1670. The van der Waals surface area contributed by atoms with E-state index in [1.165, 1.54) is 0 Å². The Morgan fingerprint density at radius 1 is 0.889 bits per heavy atom. The molecule has 0 saturated heterocycles. The molecule has 0 fully saturated rings. The summed E-state index contributed by atoms with van der Waals surface area (Å²) in [7, 11) is 1.99. The fourth-order valence-electron chi connectivity index (χ4n) is 4.09. The van der Waals surface area contributed by atoms with Crippen LogP contribution in [0.3, 0.4) is 0 Å². The van der Waals surface area contributed by atoms with Gasteiger partial charge in [-0.25, -0.2) is 15.0 Å². The molecule has 0 unspecified atom stereocenters. The maximum atomic E-state index is 9.21. The number of aromatic nitrogens is 4. The molecule has 0 aliphatic rings. The molecule has 5 aromatic rings. The Morgan fingerprint density at radius 3 is 2.33 bits per heavy atom. The lowest BCUT2D eigenvalue weighted by atomic mass is 10.0. The average molecular weight is 488 g/mol. The van der Waals surface area contributed by atoms with Crippen LogP contribution in [0.4, 0.5) is 11.6 Å². The minimum absolute atomic E-state index is 0.399. The van der Waals surface area contributed by atoms with Gasteiger partial charge in [0, 0.05) is 30.0 Å². The van der Waals surface area contributed by atoms with Crippen LogP contribution in [0.15, 0.2) is 76.9 Å². The Kier molecular flexibility index (Phi) is 6.12. The van der Waals surface area contributed by atoms with Gasteiger partial charge >= 0.3 is 0 Å². The normalized spacial score (nSPS) is 10.7. The fourth-order valence-corrected chi connectivity index (χ4v) is 5.20. The summed E-state index contributed by atoms with van der Waals surface area (Å²) >= 11 is 1.61. The molecule has 1 N–H and O–H groups in total. The van der Waals surface area contributed by atoms with Crippen LogP contribution in [0, 0.1) is 36.5 Å². The first-order valence-electron chi connectivity index (χ1n) is 11.2. The molecule has 8 heteroatoms. The first-order chi connectivity index (χ1) is 17.4. The summed E-state index contributed by atoms with van der Waals surface area (Å²) in [5, 5.41) is 22.4. The van der Waals surface area contributed by atoms with Gasteiger partial charge in [0.25, 0.3) is 0 Å². The molecular weight excluding hydrogens is 466 g/mol. The van der Waals surface area contributed by atoms with Crippen LogP contribution in [0.5, 0.6) is 0 Å². The van der Waals surface area contributed by atoms with Crippen molar-refractivity contribution in [1.29, 1.82) is 10.5 Å². The van der Waals surface area contributed by atoms with E-state index in [0.29, 0.717) is 17.2 Å². The van der Waals surface area contributed by atoms with Crippen molar-refractivity contribution >= 4 is 34.4 Å². The van der Waals surface area contributed by atoms with Gasteiger partial charge in [-0.3, -0.25) is 0 Å². The summed E-state index contributed by atoms with van der Waals surface area (Å²) in [5.41, 5.74) is 7.86. The van der Waals surface area contributed by atoms with E-state index in [2.05, 4.69) is 48.4 Å². The number of hydrogen-bond donors (Lipinski definition) is 1. The smallest absolute Gasteiger partial charge is 0.228 e. The van der Waals surface area contributed by atoms with Gasteiger partial charge in [0.15, 0.2) is 0 Å². The van der Waals surface area contributed by atoms with Gasteiger partial charge < -0.3 is 9.88 Å². The summed E-state index contributed by atoms with van der Waals surface area (Å²) in [6.07, 6.45) is 3.64. The van der Waals surface area contributed by atoms with Crippen LogP contribution < -0.4 is 5.32 Å². The topological polar surface area (TPSA) is 103 Å². The maximum Gasteiger partial charge on any atom is 0.228 e. The van der Waals surface area contributed by atoms with E-state index in [-0.39, 0.29) is 0 Å². The van der Waals surface area contributed by atoms with Crippen molar-refractivity contribution in [2.45, 2.75) is 23.8 Å². The summed E-state index contributed by atoms with van der Waals surface area (Å²) < 4.78 is 2.03. The van der Waals surface area contributed by atoms with Crippen LogP contribution in [0.2, 0.25) is 0 Å². The molecule has 0 radical (unpaired) electrons. The number of anilines is 2. The Labute approximate surface area is 213 Å². The van der Waals surface area contributed by atoms with Crippen LogP contribution in [0.1, 0.15) is 22.4 Å². The van der Waals surface area contributed by atoms with E-state index in [9.17, 15) is 5.26 Å². The summed E-state index contributed by atoms with van der Waals surface area (Å²) in [4.78, 5) is 14.8. The standard InChI is InChI=1S/C28H21N7S/c1-17-12-21(20-8-10-31-23(14-20)16-30)13-18(2)26(17)36-27-25-24(9-11-35(25)3)33-28(34-27)32-22-6-4-19(15-29)5-7-22/h4-14H,1-3H3,(H,32,33,34). The Morgan fingerprint density at radius 2 is 1.64 bits per heavy atom. The van der Waals surface area contributed by atoms with E-state index in [4.69, 9.17) is 15.2 Å². The highest BCUT2D eigenvalue weighted by molar-refractivity contribution is 7.99. The summed E-state index contributed by atoms with van der Waals surface area (Å²) in [6.45, 7) is 4.18. The van der Waals surface area contributed by atoms with Crippen molar-refractivity contribution in [2.24, 2.45) is 7.05 Å². The van der Waals surface area contributed by atoms with E-state index in [0.717, 1.165) is 48.9 Å². The number of nitriles is 2. The van der Waals surface area contributed by atoms with Crippen LogP contribution in [0.25, 0.3) is 22.2 Å². The van der Waals surface area contributed by atoms with Crippen molar-refractivity contribution in [3.8, 4) is 23.3 Å². The SMILES string of the molecule is Cc1cc(-c2ccnc(C#N)c2)cc(C)c1Sc1nc(Nc2ccc(C#N)cc2)nc2ccn(C)c12. The highest BCUT2D eigenvalue weighted by Gasteiger charge is 2.16. The van der Waals surface area contributed by atoms with Gasteiger partial charge in [-0.05, 0) is 78.6 Å². The third-order valence-electron chi connectivity index (χ3n) is 5.82. The zero-order valence-electron chi connectivity index (χ0n) is 19.9. The first kappa shape index (κ1) is 23.1. The monoisotopic (exact) mass is 487 g/mol. The molecule has 3 heterocycles. The molecule has 2 aromatic carbocycles. The molecule has 7 nitrogen and oxygen atoms in total. The minimum Gasteiger partial charge on any atom is -0.347 e. The number of pyridine rings is 1. The van der Waals surface area contributed by atoms with Crippen molar-refractivity contribution < 1.29 is 0 Å². The van der Waals surface area contributed by atoms with Gasteiger partial charge in [-0.15, -0.1) is 0 Å². The Hall–Kier alpha value is -4.66. The fraction of sp³-hybridized carbons (Fsp3) is 0.107. The van der Waals surface area contributed by atoms with Crippen molar-refractivity contribution in [3.05, 3.63) is 89.4 Å². The van der Waals surface area contributed by atoms with Crippen LogP contribution in [-0.4, -0.2) is 19.5 Å². The van der Waals surface area contributed by atoms with E-state index in [1.54, 1.807) is 36.2 Å². The zero-order valence-corrected chi connectivity index (χ0v) is 20.8. The third kappa shape index (κ3) is 4.50. The predicted molar refractivity (Wildman–Crippen MR) is 141 cm³/mol. The first-order valence-corrected chi connectivity index (χ1v) is 12.0. The lowest BCUT2D eigenvalue weighted by Gasteiger charge is -2.14. The maximum absolute atomic E-state index is 9.21. The number of benzene rings is 2.